The van der Waals surface area contributed by atoms with Crippen molar-refractivity contribution in [2.24, 2.45) is 13.0 Å². The molecule has 0 unspecified atom stereocenters. The van der Waals surface area contributed by atoms with Crippen molar-refractivity contribution in [3.8, 4) is 0 Å². The largest absolute Gasteiger partial charge is 0.469 e. The summed E-state index contributed by atoms with van der Waals surface area (Å²) in [4.78, 5) is 16.1. The Labute approximate surface area is 131 Å². The van der Waals surface area contributed by atoms with E-state index in [-0.39, 0.29) is 11.0 Å². The van der Waals surface area contributed by atoms with Gasteiger partial charge in [-0.1, -0.05) is 12.8 Å². The van der Waals surface area contributed by atoms with Gasteiger partial charge < -0.3 is 9.30 Å². The average Bonchev–Trinajstić information content (AvgIpc) is 2.78. The van der Waals surface area contributed by atoms with Gasteiger partial charge in [-0.3, -0.25) is 4.79 Å². The third-order valence-electron chi connectivity index (χ3n) is 4.42. The summed E-state index contributed by atoms with van der Waals surface area (Å²) >= 11 is 0. The molecule has 0 aliphatic heterocycles. The Bertz CT molecular complexity index is 648. The van der Waals surface area contributed by atoms with Gasteiger partial charge in [-0.15, -0.1) is 0 Å². The summed E-state index contributed by atoms with van der Waals surface area (Å²) < 4.78 is 34.3. The van der Waals surface area contributed by atoms with Crippen molar-refractivity contribution in [3.05, 3.63) is 12.0 Å². The molecule has 1 N–H and O–H groups in total. The second-order valence-corrected chi connectivity index (χ2v) is 7.71. The highest BCUT2D eigenvalue weighted by Crippen LogP contribution is 2.35. The lowest BCUT2D eigenvalue weighted by Crippen LogP contribution is -2.55. The molecule has 1 aromatic heterocycles. The van der Waals surface area contributed by atoms with Crippen molar-refractivity contribution in [3.63, 3.8) is 0 Å². The summed E-state index contributed by atoms with van der Waals surface area (Å²) in [5.74, 6) is -0.244. The zero-order valence-electron chi connectivity index (χ0n) is 13.4. The van der Waals surface area contributed by atoms with Crippen LogP contribution in [-0.2, 0) is 26.6 Å². The Morgan fingerprint density at radius 3 is 2.73 bits per heavy atom. The van der Waals surface area contributed by atoms with E-state index in [0.29, 0.717) is 18.7 Å². The first kappa shape index (κ1) is 17.0. The van der Waals surface area contributed by atoms with Crippen LogP contribution in [0.3, 0.4) is 0 Å². The molecule has 124 valence electrons. The molecular formula is C14H23N3O4S. The number of nitrogens with one attached hydrogen (secondary N) is 1. The Kier molecular flexibility index (Phi) is 4.62. The van der Waals surface area contributed by atoms with Crippen LogP contribution in [0.15, 0.2) is 11.2 Å². The van der Waals surface area contributed by atoms with Crippen molar-refractivity contribution in [2.75, 3.05) is 7.11 Å². The third-order valence-corrected chi connectivity index (χ3v) is 5.91. The second-order valence-electron chi connectivity index (χ2n) is 6.08. The van der Waals surface area contributed by atoms with Gasteiger partial charge in [0.2, 0.25) is 0 Å². The number of imidazole rings is 1. The quantitative estimate of drug-likeness (QED) is 0.836. The predicted octanol–water partition coefficient (Wildman–Crippen LogP) is 1.13. The zero-order valence-corrected chi connectivity index (χ0v) is 14.2. The van der Waals surface area contributed by atoms with Crippen LogP contribution in [0.25, 0.3) is 0 Å². The number of carbonyl (C=O) groups is 1. The van der Waals surface area contributed by atoms with Crippen molar-refractivity contribution in [1.29, 1.82) is 0 Å². The molecule has 2 rings (SSSR count). The molecule has 1 aliphatic rings. The van der Waals surface area contributed by atoms with Crippen LogP contribution >= 0.6 is 0 Å². The van der Waals surface area contributed by atoms with Gasteiger partial charge >= 0.3 is 5.97 Å². The van der Waals surface area contributed by atoms with E-state index in [1.165, 1.54) is 13.3 Å². The van der Waals surface area contributed by atoms with Gasteiger partial charge in [0.05, 0.1) is 13.0 Å². The van der Waals surface area contributed by atoms with Gasteiger partial charge in [0.25, 0.3) is 10.0 Å². The molecule has 1 aliphatic carbocycles. The molecule has 2 atom stereocenters. The molecule has 8 heteroatoms. The molecule has 0 bridgehead atoms. The lowest BCUT2D eigenvalue weighted by Gasteiger charge is -2.39. The van der Waals surface area contributed by atoms with Gasteiger partial charge in [0.1, 0.15) is 5.82 Å². The summed E-state index contributed by atoms with van der Waals surface area (Å²) in [5, 5.41) is -0.0251. The van der Waals surface area contributed by atoms with Crippen molar-refractivity contribution >= 4 is 16.0 Å². The lowest BCUT2D eigenvalue weighted by atomic mass is 9.74. The monoisotopic (exact) mass is 329 g/mol. The number of nitrogens with zero attached hydrogens (tertiary/aromatic N) is 2. The van der Waals surface area contributed by atoms with E-state index in [1.54, 1.807) is 25.5 Å². The molecule has 0 aromatic carbocycles. The Hall–Kier alpha value is -1.41. The minimum Gasteiger partial charge on any atom is -0.469 e. The van der Waals surface area contributed by atoms with Crippen LogP contribution < -0.4 is 4.72 Å². The van der Waals surface area contributed by atoms with E-state index in [9.17, 15) is 13.2 Å². The molecule has 1 aromatic rings. The molecule has 0 spiro atoms. The summed E-state index contributed by atoms with van der Waals surface area (Å²) in [6.45, 7) is 3.50. The number of aryl methyl sites for hydroxylation is 2. The standard InChI is InChI=1S/C14H23N3O4S/c1-10-15-12(9-17(10)3)22(19,20)16-14(2)8-6-5-7-11(14)13(18)21-4/h9,11,16H,5-8H2,1-4H3/t11-,14-/m0/s1. The minimum atomic E-state index is -3.78. The Balaban J connectivity index is 2.31. The molecule has 22 heavy (non-hydrogen) atoms. The molecular weight excluding hydrogens is 306 g/mol. The van der Waals surface area contributed by atoms with E-state index in [4.69, 9.17) is 4.74 Å². The zero-order chi connectivity index (χ0) is 16.5. The van der Waals surface area contributed by atoms with Crippen LogP contribution in [0, 0.1) is 12.8 Å². The number of carbonyl (C=O) groups excluding carboxylic acids is 1. The third kappa shape index (κ3) is 3.17. The van der Waals surface area contributed by atoms with Crippen LogP contribution in [0.2, 0.25) is 0 Å². The van der Waals surface area contributed by atoms with Gasteiger partial charge in [-0.25, -0.2) is 18.1 Å². The van der Waals surface area contributed by atoms with Crippen LogP contribution in [-0.4, -0.2) is 36.6 Å². The maximum Gasteiger partial charge on any atom is 0.310 e. The Morgan fingerprint density at radius 1 is 1.50 bits per heavy atom. The smallest absolute Gasteiger partial charge is 0.310 e. The number of esters is 1. The van der Waals surface area contributed by atoms with Gasteiger partial charge in [-0.05, 0) is 26.7 Å². The second kappa shape index (κ2) is 6.00. The summed E-state index contributed by atoms with van der Waals surface area (Å²) in [7, 11) is -0.720. The number of methoxy groups -OCH3 is 1. The molecule has 1 saturated carbocycles. The Morgan fingerprint density at radius 2 is 2.18 bits per heavy atom. The first-order valence-electron chi connectivity index (χ1n) is 7.31. The number of aromatic nitrogens is 2. The minimum absolute atomic E-state index is 0.0251. The van der Waals surface area contributed by atoms with E-state index < -0.39 is 21.5 Å². The van der Waals surface area contributed by atoms with E-state index in [1.807, 2.05) is 0 Å². The first-order valence-corrected chi connectivity index (χ1v) is 8.80. The highest BCUT2D eigenvalue weighted by molar-refractivity contribution is 7.89. The van der Waals surface area contributed by atoms with Gasteiger partial charge in [-0.2, -0.15) is 0 Å². The fraction of sp³-hybridized carbons (Fsp3) is 0.714. The van der Waals surface area contributed by atoms with Gasteiger partial charge in [0, 0.05) is 18.8 Å². The molecule has 0 amide bonds. The highest BCUT2D eigenvalue weighted by atomic mass is 32.2. The molecule has 7 nitrogen and oxygen atoms in total. The molecule has 0 saturated heterocycles. The lowest BCUT2D eigenvalue weighted by molar-refractivity contribution is -0.149. The summed E-state index contributed by atoms with van der Waals surface area (Å²) in [6, 6.07) is 0. The van der Waals surface area contributed by atoms with E-state index >= 15 is 0 Å². The van der Waals surface area contributed by atoms with Crippen molar-refractivity contribution in [1.82, 2.24) is 14.3 Å². The molecule has 1 heterocycles. The number of ether oxygens (including phenoxy) is 1. The first-order chi connectivity index (χ1) is 10.2. The average molecular weight is 329 g/mol. The van der Waals surface area contributed by atoms with E-state index in [2.05, 4.69) is 9.71 Å². The normalized spacial score (nSPS) is 25.9. The topological polar surface area (TPSA) is 90.3 Å². The fourth-order valence-corrected chi connectivity index (χ4v) is 4.50. The number of rotatable bonds is 4. The maximum absolute atomic E-state index is 12.6. The summed E-state index contributed by atoms with van der Waals surface area (Å²) in [6.07, 6.45) is 4.44. The number of sulfonamides is 1. The number of hydrogen-bond acceptors (Lipinski definition) is 5. The maximum atomic E-state index is 12.6. The SMILES string of the molecule is COC(=O)[C@@H]1CCCC[C@]1(C)NS(=O)(=O)c1cn(C)c(C)n1. The predicted molar refractivity (Wildman–Crippen MR) is 80.6 cm³/mol. The van der Waals surface area contributed by atoms with Crippen LogP contribution in [0.1, 0.15) is 38.4 Å². The van der Waals surface area contributed by atoms with Crippen LogP contribution in [0.5, 0.6) is 0 Å². The highest BCUT2D eigenvalue weighted by Gasteiger charge is 2.44. The molecule has 1 fully saturated rings. The van der Waals surface area contributed by atoms with Crippen molar-refractivity contribution < 1.29 is 17.9 Å². The van der Waals surface area contributed by atoms with E-state index in [0.717, 1.165) is 12.8 Å². The van der Waals surface area contributed by atoms with Gasteiger partial charge in [0.15, 0.2) is 5.03 Å². The summed E-state index contributed by atoms with van der Waals surface area (Å²) in [5.41, 5.74) is -0.852. The molecule has 0 radical (unpaired) electrons. The van der Waals surface area contributed by atoms with Crippen LogP contribution in [0.4, 0.5) is 0 Å². The van der Waals surface area contributed by atoms with Crippen molar-refractivity contribution in [2.45, 2.75) is 50.1 Å². The fourth-order valence-electron chi connectivity index (χ4n) is 2.99. The number of hydrogen-bond donors (Lipinski definition) is 1.